The van der Waals surface area contributed by atoms with Gasteiger partial charge in [-0.1, -0.05) is 0 Å². The van der Waals surface area contributed by atoms with Crippen molar-refractivity contribution in [2.24, 2.45) is 5.41 Å². The highest BCUT2D eigenvalue weighted by molar-refractivity contribution is 6.01. The van der Waals surface area contributed by atoms with Crippen molar-refractivity contribution in [3.05, 3.63) is 42.6 Å². The molecule has 1 N–H and O–H groups in total. The lowest BCUT2D eigenvalue weighted by molar-refractivity contribution is -0.157. The number of furan rings is 1. The number of amides is 1. The van der Waals surface area contributed by atoms with Gasteiger partial charge in [-0.2, -0.15) is 5.10 Å². The first-order valence-corrected chi connectivity index (χ1v) is 7.05. The van der Waals surface area contributed by atoms with Gasteiger partial charge in [0, 0.05) is 11.6 Å². The number of esters is 1. The Morgan fingerprint density at radius 3 is 2.87 bits per heavy atom. The van der Waals surface area contributed by atoms with E-state index in [1.54, 1.807) is 39.1 Å². The number of carbonyl (C=O) groups excluding carboxylic acids is 2. The molecule has 0 aromatic carbocycles. The molecule has 1 amide bonds. The molecule has 0 unspecified atom stereocenters. The van der Waals surface area contributed by atoms with Crippen molar-refractivity contribution in [2.45, 2.75) is 27.5 Å². The van der Waals surface area contributed by atoms with Gasteiger partial charge in [0.05, 0.1) is 36.0 Å². The predicted molar refractivity (Wildman–Crippen MR) is 84.1 cm³/mol. The number of carbonyl (C=O) groups is 2. The smallest absolute Gasteiger partial charge is 0.313 e. The molecule has 0 radical (unpaired) electrons. The normalized spacial score (nSPS) is 11.6. The summed E-state index contributed by atoms with van der Waals surface area (Å²) in [7, 11) is 0. The van der Waals surface area contributed by atoms with Gasteiger partial charge in [-0.3, -0.25) is 9.59 Å². The van der Waals surface area contributed by atoms with Crippen LogP contribution in [0.5, 0.6) is 0 Å². The van der Waals surface area contributed by atoms with E-state index >= 15 is 0 Å². The summed E-state index contributed by atoms with van der Waals surface area (Å²) in [6.45, 7) is 5.32. The predicted octanol–water partition coefficient (Wildman–Crippen LogP) is 2.67. The molecule has 2 heterocycles. The van der Waals surface area contributed by atoms with Crippen molar-refractivity contribution in [1.82, 2.24) is 9.78 Å². The Morgan fingerprint density at radius 1 is 1.43 bits per heavy atom. The molecule has 0 aliphatic heterocycles. The van der Waals surface area contributed by atoms with Gasteiger partial charge in [0.1, 0.15) is 0 Å². The van der Waals surface area contributed by atoms with E-state index in [1.165, 1.54) is 29.5 Å². The standard InChI is InChI=1S/C16H19N3O4/c1-16(2,3)15(21)23-11-19-9-13(8-17-19)18-14(20)5-4-12-6-7-22-10-12/h4-10H,11H2,1-3H3,(H,18,20)/b5-4+. The Morgan fingerprint density at radius 2 is 2.22 bits per heavy atom. The molecule has 2 aromatic rings. The van der Waals surface area contributed by atoms with Crippen LogP contribution in [0.4, 0.5) is 5.69 Å². The molecule has 0 saturated carbocycles. The third-order valence-corrected chi connectivity index (χ3v) is 2.81. The van der Waals surface area contributed by atoms with Crippen LogP contribution in [-0.2, 0) is 21.1 Å². The number of aromatic nitrogens is 2. The summed E-state index contributed by atoms with van der Waals surface area (Å²) in [5, 5.41) is 6.68. The zero-order valence-electron chi connectivity index (χ0n) is 13.3. The molecule has 2 aromatic heterocycles. The van der Waals surface area contributed by atoms with E-state index < -0.39 is 5.41 Å². The second kappa shape index (κ2) is 6.95. The largest absolute Gasteiger partial charge is 0.472 e. The summed E-state index contributed by atoms with van der Waals surface area (Å²) in [6.07, 6.45) is 9.15. The van der Waals surface area contributed by atoms with E-state index in [0.29, 0.717) is 5.69 Å². The fourth-order valence-corrected chi connectivity index (χ4v) is 1.57. The average Bonchev–Trinajstić information content (AvgIpc) is 3.13. The van der Waals surface area contributed by atoms with Crippen molar-refractivity contribution < 1.29 is 18.7 Å². The van der Waals surface area contributed by atoms with E-state index in [1.807, 2.05) is 0 Å². The third kappa shape index (κ3) is 5.14. The number of nitrogens with zero attached hydrogens (tertiary/aromatic N) is 2. The molecular formula is C16H19N3O4. The van der Waals surface area contributed by atoms with Crippen LogP contribution in [0.25, 0.3) is 6.08 Å². The minimum atomic E-state index is -0.567. The lowest BCUT2D eigenvalue weighted by Gasteiger charge is -2.16. The van der Waals surface area contributed by atoms with Crippen LogP contribution in [0.15, 0.2) is 41.5 Å². The first-order valence-electron chi connectivity index (χ1n) is 7.05. The molecule has 2 rings (SSSR count). The van der Waals surface area contributed by atoms with Crippen LogP contribution >= 0.6 is 0 Å². The maximum Gasteiger partial charge on any atom is 0.313 e. The fourth-order valence-electron chi connectivity index (χ4n) is 1.57. The summed E-state index contributed by atoms with van der Waals surface area (Å²) in [5.74, 6) is -0.612. The van der Waals surface area contributed by atoms with E-state index in [2.05, 4.69) is 10.4 Å². The summed E-state index contributed by atoms with van der Waals surface area (Å²) in [5.41, 5.74) is 0.741. The monoisotopic (exact) mass is 317 g/mol. The van der Waals surface area contributed by atoms with Crippen LogP contribution in [-0.4, -0.2) is 21.7 Å². The minimum absolute atomic E-state index is 0.00314. The van der Waals surface area contributed by atoms with Crippen LogP contribution in [0.3, 0.4) is 0 Å². The maximum atomic E-state index is 11.8. The van der Waals surface area contributed by atoms with Gasteiger partial charge in [-0.05, 0) is 32.9 Å². The quantitative estimate of drug-likeness (QED) is 0.677. The van der Waals surface area contributed by atoms with Crippen molar-refractivity contribution >= 4 is 23.6 Å². The van der Waals surface area contributed by atoms with Gasteiger partial charge >= 0.3 is 5.97 Å². The Kier molecular flexibility index (Phi) is 5.00. The van der Waals surface area contributed by atoms with Gasteiger partial charge in [0.2, 0.25) is 5.91 Å². The highest BCUT2D eigenvalue weighted by Gasteiger charge is 2.23. The highest BCUT2D eigenvalue weighted by atomic mass is 16.5. The summed E-state index contributed by atoms with van der Waals surface area (Å²) < 4.78 is 11.5. The number of hydrogen-bond donors (Lipinski definition) is 1. The molecule has 0 bridgehead atoms. The molecule has 0 atom stereocenters. The van der Waals surface area contributed by atoms with Crippen molar-refractivity contribution in [1.29, 1.82) is 0 Å². The number of ether oxygens (including phenoxy) is 1. The lowest BCUT2D eigenvalue weighted by Crippen LogP contribution is -2.24. The second-order valence-corrected chi connectivity index (χ2v) is 5.96. The molecule has 0 aliphatic carbocycles. The molecule has 7 nitrogen and oxygen atoms in total. The van der Waals surface area contributed by atoms with E-state index in [9.17, 15) is 9.59 Å². The highest BCUT2D eigenvalue weighted by Crippen LogP contribution is 2.15. The van der Waals surface area contributed by atoms with Crippen LogP contribution in [0.2, 0.25) is 0 Å². The van der Waals surface area contributed by atoms with Crippen LogP contribution in [0, 0.1) is 5.41 Å². The van der Waals surface area contributed by atoms with Gasteiger partial charge in [-0.25, -0.2) is 4.68 Å². The van der Waals surface area contributed by atoms with E-state index in [0.717, 1.165) is 5.56 Å². The van der Waals surface area contributed by atoms with E-state index in [-0.39, 0.29) is 18.6 Å². The van der Waals surface area contributed by atoms with Crippen LogP contribution < -0.4 is 5.32 Å². The Bertz CT molecular complexity index is 693. The van der Waals surface area contributed by atoms with Crippen molar-refractivity contribution in [2.75, 3.05) is 5.32 Å². The zero-order chi connectivity index (χ0) is 16.9. The molecule has 122 valence electrons. The second-order valence-electron chi connectivity index (χ2n) is 5.96. The first kappa shape index (κ1) is 16.5. The van der Waals surface area contributed by atoms with Crippen LogP contribution in [0.1, 0.15) is 26.3 Å². The molecular weight excluding hydrogens is 298 g/mol. The molecule has 0 saturated heterocycles. The van der Waals surface area contributed by atoms with Gasteiger partial charge < -0.3 is 14.5 Å². The average molecular weight is 317 g/mol. The fraction of sp³-hybridized carbons (Fsp3) is 0.312. The summed E-state index contributed by atoms with van der Waals surface area (Å²) in [6, 6.07) is 1.74. The van der Waals surface area contributed by atoms with Crippen molar-refractivity contribution in [3.8, 4) is 0 Å². The molecule has 0 aliphatic rings. The first-order chi connectivity index (χ1) is 10.8. The number of nitrogens with one attached hydrogen (secondary N) is 1. The Balaban J connectivity index is 1.85. The molecule has 0 fully saturated rings. The lowest BCUT2D eigenvalue weighted by atomic mass is 9.98. The van der Waals surface area contributed by atoms with Crippen molar-refractivity contribution in [3.63, 3.8) is 0 Å². The molecule has 0 spiro atoms. The molecule has 7 heteroatoms. The van der Waals surface area contributed by atoms with Gasteiger partial charge in [0.15, 0.2) is 6.73 Å². The summed E-state index contributed by atoms with van der Waals surface area (Å²) >= 11 is 0. The SMILES string of the molecule is CC(C)(C)C(=O)OCn1cc(NC(=O)/C=C/c2ccoc2)cn1. The number of rotatable bonds is 5. The summed E-state index contributed by atoms with van der Waals surface area (Å²) in [4.78, 5) is 23.4. The minimum Gasteiger partial charge on any atom is -0.472 e. The number of hydrogen-bond acceptors (Lipinski definition) is 5. The van der Waals surface area contributed by atoms with Gasteiger partial charge in [0.25, 0.3) is 0 Å². The van der Waals surface area contributed by atoms with Gasteiger partial charge in [-0.15, -0.1) is 0 Å². The third-order valence-electron chi connectivity index (χ3n) is 2.81. The Hall–Kier alpha value is -2.83. The molecule has 23 heavy (non-hydrogen) atoms. The maximum absolute atomic E-state index is 11.8. The zero-order valence-corrected chi connectivity index (χ0v) is 13.3. The number of anilines is 1. The van der Waals surface area contributed by atoms with E-state index in [4.69, 9.17) is 9.15 Å². The Labute approximate surface area is 133 Å². The topological polar surface area (TPSA) is 86.4 Å².